The molecule has 1 amide bonds. The van der Waals surface area contributed by atoms with Crippen LogP contribution in [-0.4, -0.2) is 36.8 Å². The number of hydrogen-bond acceptors (Lipinski definition) is 6. The van der Waals surface area contributed by atoms with Gasteiger partial charge in [0.15, 0.2) is 0 Å². The fourth-order valence-corrected chi connectivity index (χ4v) is 2.01. The Morgan fingerprint density at radius 1 is 1.32 bits per heavy atom. The summed E-state index contributed by atoms with van der Waals surface area (Å²) in [6.45, 7) is 0.0500. The van der Waals surface area contributed by atoms with Gasteiger partial charge in [-0.15, -0.1) is 0 Å². The van der Waals surface area contributed by atoms with E-state index in [9.17, 15) is 14.2 Å². The minimum atomic E-state index is -2.23. The minimum absolute atomic E-state index is 0.0232. The number of ether oxygens (including phenoxy) is 2. The highest BCUT2D eigenvalue weighted by Crippen LogP contribution is 2.18. The molecule has 7 nitrogen and oxygen atoms in total. The first-order valence-corrected chi connectivity index (χ1v) is 8.27. The van der Waals surface area contributed by atoms with E-state index in [0.717, 1.165) is 12.7 Å². The Morgan fingerprint density at radius 3 is 2.59 bits per heavy atom. The quantitative estimate of drug-likeness (QED) is 0.447. The molecule has 1 unspecified atom stereocenters. The summed E-state index contributed by atoms with van der Waals surface area (Å²) in [5.41, 5.74) is 0.624. The van der Waals surface area contributed by atoms with E-state index < -0.39 is 26.2 Å². The highest BCUT2D eigenvalue weighted by atomic mass is 31.1. The van der Waals surface area contributed by atoms with Gasteiger partial charge in [-0.25, -0.2) is 9.59 Å². The molecule has 1 atom stereocenters. The average Bonchev–Trinajstić information content (AvgIpc) is 2.56. The van der Waals surface area contributed by atoms with Crippen LogP contribution in [-0.2, 0) is 25.4 Å². The number of alkyl carbamates (subject to hydrolysis) is 1. The maximum atomic E-state index is 11.7. The van der Waals surface area contributed by atoms with Crippen LogP contribution in [0.4, 0.5) is 4.79 Å². The van der Waals surface area contributed by atoms with Gasteiger partial charge in [0.1, 0.15) is 20.1 Å². The van der Waals surface area contributed by atoms with Crippen LogP contribution < -0.4 is 5.32 Å². The molecule has 0 aliphatic rings. The number of amides is 1. The number of methoxy groups -OCH3 is 1. The number of hydrogen-bond donors (Lipinski definition) is 2. The van der Waals surface area contributed by atoms with Gasteiger partial charge in [0.05, 0.1) is 13.5 Å². The standard InChI is InChI=1S/C14H18NO6P/c1-20-13(17)12(7-8-22(19)10-16)15-14(18)21-9-11-5-3-2-4-6-11/h2-7,16,22H,8-10H2,1H3,(H,15,18)/b12-7-. The summed E-state index contributed by atoms with van der Waals surface area (Å²) in [6.07, 6.45) is -0.0738. The number of aliphatic hydroxyl groups is 1. The molecule has 0 spiro atoms. The zero-order chi connectivity index (χ0) is 16.4. The minimum Gasteiger partial charge on any atom is -0.464 e. The third kappa shape index (κ3) is 6.56. The molecular weight excluding hydrogens is 309 g/mol. The lowest BCUT2D eigenvalue weighted by Gasteiger charge is -2.09. The molecule has 0 aromatic heterocycles. The zero-order valence-corrected chi connectivity index (χ0v) is 13.1. The first kappa shape index (κ1) is 17.9. The molecule has 0 radical (unpaired) electrons. The molecule has 0 heterocycles. The van der Waals surface area contributed by atoms with Gasteiger partial charge in [-0.2, -0.15) is 0 Å². The lowest BCUT2D eigenvalue weighted by Crippen LogP contribution is -2.28. The number of esters is 1. The zero-order valence-electron chi connectivity index (χ0n) is 12.1. The van der Waals surface area contributed by atoms with Crippen molar-refractivity contribution in [3.05, 3.63) is 47.7 Å². The molecule has 2 N–H and O–H groups in total. The molecule has 1 aromatic carbocycles. The van der Waals surface area contributed by atoms with Crippen molar-refractivity contribution >= 4 is 19.9 Å². The number of aliphatic hydroxyl groups excluding tert-OH is 1. The molecular formula is C14H18NO6P. The molecule has 0 fully saturated rings. The molecule has 8 heteroatoms. The SMILES string of the molecule is COC(=O)/C(=C/C[PH](=O)CO)NC(=O)OCc1ccccc1. The molecule has 0 bridgehead atoms. The lowest BCUT2D eigenvalue weighted by molar-refractivity contribution is -0.136. The van der Waals surface area contributed by atoms with Gasteiger partial charge < -0.3 is 19.1 Å². The first-order valence-electron chi connectivity index (χ1n) is 6.45. The van der Waals surface area contributed by atoms with Crippen LogP contribution in [0.15, 0.2) is 42.1 Å². The topological polar surface area (TPSA) is 102 Å². The van der Waals surface area contributed by atoms with Crippen molar-refractivity contribution in [2.24, 2.45) is 0 Å². The molecule has 1 aromatic rings. The van der Waals surface area contributed by atoms with Crippen molar-refractivity contribution in [1.82, 2.24) is 5.32 Å². The Hall–Kier alpha value is -2.11. The largest absolute Gasteiger partial charge is 0.464 e. The number of nitrogens with one attached hydrogen (secondary N) is 1. The lowest BCUT2D eigenvalue weighted by atomic mass is 10.2. The Balaban J connectivity index is 2.59. The van der Waals surface area contributed by atoms with E-state index in [1.807, 2.05) is 18.2 Å². The highest BCUT2D eigenvalue weighted by molar-refractivity contribution is 7.44. The van der Waals surface area contributed by atoms with Crippen molar-refractivity contribution in [2.75, 3.05) is 19.6 Å². The van der Waals surface area contributed by atoms with Gasteiger partial charge in [-0.1, -0.05) is 30.3 Å². The van der Waals surface area contributed by atoms with Crippen LogP contribution in [0.25, 0.3) is 0 Å². The second-order valence-corrected chi connectivity index (χ2v) is 6.00. The van der Waals surface area contributed by atoms with Crippen LogP contribution in [0, 0.1) is 0 Å². The summed E-state index contributed by atoms with van der Waals surface area (Å²) in [5.74, 6) is -0.788. The van der Waals surface area contributed by atoms with E-state index in [-0.39, 0.29) is 18.5 Å². The summed E-state index contributed by atoms with van der Waals surface area (Å²) in [5, 5.41) is 10.9. The average molecular weight is 327 g/mol. The van der Waals surface area contributed by atoms with Gasteiger partial charge >= 0.3 is 12.1 Å². The van der Waals surface area contributed by atoms with Crippen LogP contribution in [0.5, 0.6) is 0 Å². The van der Waals surface area contributed by atoms with E-state index >= 15 is 0 Å². The van der Waals surface area contributed by atoms with E-state index in [1.165, 1.54) is 6.08 Å². The van der Waals surface area contributed by atoms with E-state index in [0.29, 0.717) is 0 Å². The van der Waals surface area contributed by atoms with E-state index in [2.05, 4.69) is 10.1 Å². The van der Waals surface area contributed by atoms with Crippen molar-refractivity contribution in [1.29, 1.82) is 0 Å². The van der Waals surface area contributed by atoms with Crippen molar-refractivity contribution < 1.29 is 28.7 Å². The summed E-state index contributed by atoms with van der Waals surface area (Å²) < 4.78 is 20.7. The fraction of sp³-hybridized carbons (Fsp3) is 0.286. The molecule has 120 valence electrons. The van der Waals surface area contributed by atoms with Crippen LogP contribution in [0.1, 0.15) is 5.56 Å². The number of benzene rings is 1. The van der Waals surface area contributed by atoms with Crippen molar-refractivity contribution in [2.45, 2.75) is 6.61 Å². The van der Waals surface area contributed by atoms with Crippen LogP contribution in [0.3, 0.4) is 0 Å². The van der Waals surface area contributed by atoms with Gasteiger partial charge in [0.2, 0.25) is 0 Å². The van der Waals surface area contributed by atoms with Crippen LogP contribution >= 0.6 is 7.80 Å². The van der Waals surface area contributed by atoms with E-state index in [4.69, 9.17) is 9.84 Å². The fourth-order valence-electron chi connectivity index (χ4n) is 1.44. The Bertz CT molecular complexity index is 558. The maximum Gasteiger partial charge on any atom is 0.412 e. The molecule has 0 saturated carbocycles. The summed E-state index contributed by atoms with van der Waals surface area (Å²) in [6, 6.07) is 9.03. The molecule has 0 saturated heterocycles. The third-order valence-corrected chi connectivity index (χ3v) is 3.58. The van der Waals surface area contributed by atoms with Gasteiger partial charge in [-0.3, -0.25) is 5.32 Å². The smallest absolute Gasteiger partial charge is 0.412 e. The third-order valence-electron chi connectivity index (χ3n) is 2.57. The monoisotopic (exact) mass is 327 g/mol. The van der Waals surface area contributed by atoms with Gasteiger partial charge in [0.25, 0.3) is 0 Å². The Morgan fingerprint density at radius 2 is 2.00 bits per heavy atom. The Labute approximate surface area is 128 Å². The molecule has 0 aliphatic carbocycles. The summed E-state index contributed by atoms with van der Waals surface area (Å²) >= 11 is 0. The predicted molar refractivity (Wildman–Crippen MR) is 80.8 cm³/mol. The number of rotatable bonds is 7. The van der Waals surface area contributed by atoms with E-state index in [1.54, 1.807) is 12.1 Å². The molecule has 1 rings (SSSR count). The van der Waals surface area contributed by atoms with Gasteiger partial charge in [0, 0.05) is 6.16 Å². The molecule has 22 heavy (non-hydrogen) atoms. The summed E-state index contributed by atoms with van der Waals surface area (Å²) in [7, 11) is -1.07. The number of allylic oxidation sites excluding steroid dienone is 1. The summed E-state index contributed by atoms with van der Waals surface area (Å²) in [4.78, 5) is 23.2. The van der Waals surface area contributed by atoms with Gasteiger partial charge in [-0.05, 0) is 11.6 Å². The van der Waals surface area contributed by atoms with Crippen molar-refractivity contribution in [3.8, 4) is 0 Å². The Kier molecular flexibility index (Phi) is 7.96. The normalized spacial score (nSPS) is 12.4. The number of carbonyl (C=O) groups is 2. The molecule has 0 aliphatic heterocycles. The number of carbonyl (C=O) groups excluding carboxylic acids is 2. The van der Waals surface area contributed by atoms with Crippen LogP contribution in [0.2, 0.25) is 0 Å². The predicted octanol–water partition coefficient (Wildman–Crippen LogP) is 1.48. The first-order chi connectivity index (χ1) is 10.6. The second kappa shape index (κ2) is 9.76. The highest BCUT2D eigenvalue weighted by Gasteiger charge is 2.14. The second-order valence-electron chi connectivity index (χ2n) is 4.20. The maximum absolute atomic E-state index is 11.7. The van der Waals surface area contributed by atoms with Crippen molar-refractivity contribution in [3.63, 3.8) is 0 Å².